The van der Waals surface area contributed by atoms with Crippen molar-refractivity contribution in [2.75, 3.05) is 7.11 Å². The van der Waals surface area contributed by atoms with Gasteiger partial charge in [0.2, 0.25) is 0 Å². The minimum atomic E-state index is -0.870. The lowest BCUT2D eigenvalue weighted by Gasteiger charge is -2.20. The van der Waals surface area contributed by atoms with Gasteiger partial charge in [-0.05, 0) is 30.4 Å². The van der Waals surface area contributed by atoms with Gasteiger partial charge in [-0.1, -0.05) is 45.0 Å². The van der Waals surface area contributed by atoms with E-state index in [2.05, 4.69) is 32.9 Å². The van der Waals surface area contributed by atoms with Crippen LogP contribution in [0.3, 0.4) is 0 Å². The van der Waals surface area contributed by atoms with Gasteiger partial charge in [-0.15, -0.1) is 0 Å². The average molecular weight is 262 g/mol. The van der Waals surface area contributed by atoms with Crippen molar-refractivity contribution in [1.82, 2.24) is 0 Å². The lowest BCUT2D eigenvalue weighted by Crippen LogP contribution is -2.29. The Balaban J connectivity index is 2.28. The molecular weight excluding hydrogens is 240 g/mol. The molecule has 1 heterocycles. The van der Waals surface area contributed by atoms with E-state index < -0.39 is 11.2 Å². The highest BCUT2D eigenvalue weighted by atomic mass is 16.7. The van der Waals surface area contributed by atoms with Gasteiger partial charge in [0, 0.05) is 0 Å². The molecule has 3 heteroatoms. The van der Waals surface area contributed by atoms with E-state index >= 15 is 0 Å². The molecule has 3 nitrogen and oxygen atoms in total. The van der Waals surface area contributed by atoms with E-state index in [1.165, 1.54) is 12.7 Å². The Morgan fingerprint density at radius 1 is 1.16 bits per heavy atom. The summed E-state index contributed by atoms with van der Waals surface area (Å²) in [7, 11) is 1.39. The van der Waals surface area contributed by atoms with Crippen molar-refractivity contribution in [3.63, 3.8) is 0 Å². The first-order chi connectivity index (χ1) is 8.65. The molecule has 2 atom stereocenters. The molecule has 1 saturated heterocycles. The monoisotopic (exact) mass is 262 g/mol. The number of hydrogen-bond acceptors (Lipinski definition) is 3. The minimum Gasteiger partial charge on any atom is -0.467 e. The molecule has 0 spiro atoms. The lowest BCUT2D eigenvalue weighted by atomic mass is 9.83. The van der Waals surface area contributed by atoms with Gasteiger partial charge < -0.3 is 9.47 Å². The molecule has 0 bridgehead atoms. The van der Waals surface area contributed by atoms with Crippen molar-refractivity contribution in [2.24, 2.45) is 0 Å². The van der Waals surface area contributed by atoms with Crippen LogP contribution in [-0.4, -0.2) is 18.7 Å². The molecule has 0 aliphatic carbocycles. The third kappa shape index (κ3) is 2.06. The fourth-order valence-corrected chi connectivity index (χ4v) is 2.44. The van der Waals surface area contributed by atoms with Crippen LogP contribution >= 0.6 is 0 Å². The van der Waals surface area contributed by atoms with E-state index in [0.717, 1.165) is 5.56 Å². The third-order valence-corrected chi connectivity index (χ3v) is 4.15. The maximum absolute atomic E-state index is 11.8. The molecule has 1 aliphatic rings. The molecule has 1 aliphatic heterocycles. The maximum Gasteiger partial charge on any atom is 0.341 e. The van der Waals surface area contributed by atoms with Gasteiger partial charge in [-0.3, -0.25) is 0 Å². The number of epoxide rings is 1. The molecule has 0 saturated carbocycles. The Hall–Kier alpha value is -1.35. The summed E-state index contributed by atoms with van der Waals surface area (Å²) in [5.74, 6) is -0.324. The second kappa shape index (κ2) is 4.07. The number of ether oxygens (including phenoxy) is 2. The van der Waals surface area contributed by atoms with Gasteiger partial charge >= 0.3 is 5.97 Å². The first-order valence-electron chi connectivity index (χ1n) is 6.55. The second-order valence-corrected chi connectivity index (χ2v) is 6.49. The van der Waals surface area contributed by atoms with Gasteiger partial charge in [0.15, 0.2) is 5.60 Å². The van der Waals surface area contributed by atoms with Crippen molar-refractivity contribution in [2.45, 2.75) is 51.2 Å². The molecule has 0 N–H and O–H groups in total. The molecular formula is C16H22O3. The molecule has 19 heavy (non-hydrogen) atoms. The summed E-state index contributed by atoms with van der Waals surface area (Å²) in [6.07, 6.45) is 0. The quantitative estimate of drug-likeness (QED) is 0.607. The van der Waals surface area contributed by atoms with E-state index in [9.17, 15) is 4.79 Å². The maximum atomic E-state index is 11.8. The van der Waals surface area contributed by atoms with Crippen molar-refractivity contribution in [3.8, 4) is 0 Å². The molecule has 1 fully saturated rings. The van der Waals surface area contributed by atoms with Gasteiger partial charge in [0.1, 0.15) is 5.60 Å². The average Bonchev–Trinajstić information content (AvgIpc) is 2.93. The minimum absolute atomic E-state index is 0.121. The highest BCUT2D eigenvalue weighted by Gasteiger charge is 2.70. The Kier molecular flexibility index (Phi) is 3.01. The second-order valence-electron chi connectivity index (χ2n) is 6.49. The zero-order valence-electron chi connectivity index (χ0n) is 12.5. The Labute approximate surface area is 114 Å². The number of rotatable bonds is 2. The van der Waals surface area contributed by atoms with E-state index in [1.807, 2.05) is 19.1 Å². The van der Waals surface area contributed by atoms with Crippen LogP contribution in [0.25, 0.3) is 0 Å². The van der Waals surface area contributed by atoms with Crippen LogP contribution in [0.1, 0.15) is 45.7 Å². The van der Waals surface area contributed by atoms with Crippen LogP contribution < -0.4 is 0 Å². The molecule has 1 aromatic rings. The summed E-state index contributed by atoms with van der Waals surface area (Å²) in [6, 6.07) is 8.27. The van der Waals surface area contributed by atoms with Crippen LogP contribution in [0, 0.1) is 0 Å². The molecule has 0 aromatic heterocycles. The SMILES string of the molecule is COC(=O)C1(C)OC1(C)c1ccc(C(C)(C)C)cc1. The van der Waals surface area contributed by atoms with Crippen molar-refractivity contribution >= 4 is 5.97 Å². The summed E-state index contributed by atoms with van der Waals surface area (Å²) in [4.78, 5) is 11.8. The Morgan fingerprint density at radius 3 is 2.11 bits per heavy atom. The third-order valence-electron chi connectivity index (χ3n) is 4.15. The van der Waals surface area contributed by atoms with Crippen molar-refractivity contribution < 1.29 is 14.3 Å². The first kappa shape index (κ1) is 14.1. The Bertz CT molecular complexity index is 498. The summed E-state index contributed by atoms with van der Waals surface area (Å²) in [6.45, 7) is 10.2. The van der Waals surface area contributed by atoms with Crippen LogP contribution in [0.15, 0.2) is 24.3 Å². The highest BCUT2D eigenvalue weighted by Crippen LogP contribution is 2.56. The highest BCUT2D eigenvalue weighted by molar-refractivity contribution is 5.84. The summed E-state index contributed by atoms with van der Waals surface area (Å²) >= 11 is 0. The normalized spacial score (nSPS) is 30.0. The number of esters is 1. The molecule has 104 valence electrons. The van der Waals surface area contributed by atoms with Crippen LogP contribution in [0.2, 0.25) is 0 Å². The fourth-order valence-electron chi connectivity index (χ4n) is 2.44. The number of hydrogen-bond donors (Lipinski definition) is 0. The number of carbonyl (C=O) groups is 1. The summed E-state index contributed by atoms with van der Waals surface area (Å²) in [5.41, 5.74) is 0.936. The number of carbonyl (C=O) groups excluding carboxylic acids is 1. The van der Waals surface area contributed by atoms with Crippen molar-refractivity contribution in [3.05, 3.63) is 35.4 Å². The van der Waals surface area contributed by atoms with Crippen LogP contribution in [0.4, 0.5) is 0 Å². The van der Waals surface area contributed by atoms with Crippen LogP contribution in [-0.2, 0) is 25.3 Å². The van der Waals surface area contributed by atoms with E-state index in [1.54, 1.807) is 6.92 Å². The predicted molar refractivity (Wildman–Crippen MR) is 74.0 cm³/mol. The summed E-state index contributed by atoms with van der Waals surface area (Å²) in [5, 5.41) is 0. The van der Waals surface area contributed by atoms with E-state index in [4.69, 9.17) is 9.47 Å². The molecule has 2 rings (SSSR count). The molecule has 0 radical (unpaired) electrons. The fraction of sp³-hybridized carbons (Fsp3) is 0.562. The smallest absolute Gasteiger partial charge is 0.341 e. The largest absolute Gasteiger partial charge is 0.467 e. The van der Waals surface area contributed by atoms with E-state index in [0.29, 0.717) is 0 Å². The first-order valence-corrected chi connectivity index (χ1v) is 6.55. The standard InChI is InChI=1S/C16H22O3/c1-14(2,3)11-7-9-12(10-8-11)15(4)16(5,19-15)13(17)18-6/h7-10H,1-6H3. The molecule has 1 aromatic carbocycles. The number of methoxy groups -OCH3 is 1. The van der Waals surface area contributed by atoms with Gasteiger partial charge in [-0.25, -0.2) is 4.79 Å². The molecule has 2 unspecified atom stereocenters. The number of benzene rings is 1. The van der Waals surface area contributed by atoms with Gasteiger partial charge in [0.05, 0.1) is 7.11 Å². The molecule has 0 amide bonds. The van der Waals surface area contributed by atoms with E-state index in [-0.39, 0.29) is 11.4 Å². The van der Waals surface area contributed by atoms with Gasteiger partial charge in [0.25, 0.3) is 0 Å². The predicted octanol–water partition coefficient (Wildman–Crippen LogP) is 3.16. The topological polar surface area (TPSA) is 38.8 Å². The van der Waals surface area contributed by atoms with Crippen molar-refractivity contribution in [1.29, 1.82) is 0 Å². The summed E-state index contributed by atoms with van der Waals surface area (Å²) < 4.78 is 10.5. The Morgan fingerprint density at radius 2 is 1.68 bits per heavy atom. The van der Waals surface area contributed by atoms with Crippen LogP contribution in [0.5, 0.6) is 0 Å². The lowest BCUT2D eigenvalue weighted by molar-refractivity contribution is -0.146. The van der Waals surface area contributed by atoms with Gasteiger partial charge in [-0.2, -0.15) is 0 Å². The zero-order valence-corrected chi connectivity index (χ0v) is 12.5. The zero-order chi connectivity index (χ0) is 14.5.